The van der Waals surface area contributed by atoms with E-state index in [1.165, 1.54) is 23.1 Å². The maximum Gasteiger partial charge on any atom is 0.338 e. The van der Waals surface area contributed by atoms with Crippen molar-refractivity contribution in [3.63, 3.8) is 0 Å². The number of aromatic nitrogens is 3. The normalized spacial score (nSPS) is 15.4. The summed E-state index contributed by atoms with van der Waals surface area (Å²) in [5.41, 5.74) is 2.20. The number of nitrogens with zero attached hydrogens (tertiary/aromatic N) is 4. The van der Waals surface area contributed by atoms with Crippen molar-refractivity contribution in [1.82, 2.24) is 14.8 Å². The molecule has 1 N–H and O–H groups in total. The zero-order valence-electron chi connectivity index (χ0n) is 15.5. The molecule has 0 spiro atoms. The van der Waals surface area contributed by atoms with Gasteiger partial charge in [0.05, 0.1) is 10.5 Å². The lowest BCUT2D eigenvalue weighted by Gasteiger charge is -2.28. The number of nitro benzene ring substituents is 1. The Hall–Kier alpha value is -4.01. The number of fused-ring (bicyclic) bond motifs is 1. The SMILES string of the molecule is CC1=C(C(=O)OCc2ccccc2)C(c2cccc([N+](=O)[O-])c2)n2ncnc2N1. The first kappa shape index (κ1) is 18.4. The molecule has 4 rings (SSSR count). The van der Waals surface area contributed by atoms with Gasteiger partial charge in [-0.15, -0.1) is 0 Å². The van der Waals surface area contributed by atoms with Gasteiger partial charge >= 0.3 is 5.97 Å². The average Bonchev–Trinajstić information content (AvgIpc) is 3.19. The maximum absolute atomic E-state index is 13.0. The fraction of sp³-hybridized carbons (Fsp3) is 0.150. The van der Waals surface area contributed by atoms with Gasteiger partial charge in [-0.1, -0.05) is 42.5 Å². The molecule has 1 atom stereocenters. The molecule has 1 aliphatic rings. The van der Waals surface area contributed by atoms with Gasteiger partial charge in [-0.2, -0.15) is 10.1 Å². The monoisotopic (exact) mass is 391 g/mol. The predicted octanol–water partition coefficient (Wildman–Crippen LogP) is 3.22. The van der Waals surface area contributed by atoms with Crippen molar-refractivity contribution in [1.29, 1.82) is 0 Å². The quantitative estimate of drug-likeness (QED) is 0.404. The van der Waals surface area contributed by atoms with E-state index >= 15 is 0 Å². The van der Waals surface area contributed by atoms with E-state index in [4.69, 9.17) is 4.74 Å². The first-order valence-corrected chi connectivity index (χ1v) is 8.87. The smallest absolute Gasteiger partial charge is 0.338 e. The van der Waals surface area contributed by atoms with Crippen LogP contribution in [0.1, 0.15) is 24.1 Å². The number of hydrogen-bond donors (Lipinski definition) is 1. The summed E-state index contributed by atoms with van der Waals surface area (Å²) < 4.78 is 7.05. The highest BCUT2D eigenvalue weighted by atomic mass is 16.6. The van der Waals surface area contributed by atoms with Crippen molar-refractivity contribution in [2.45, 2.75) is 19.6 Å². The van der Waals surface area contributed by atoms with Gasteiger partial charge in [-0.3, -0.25) is 10.1 Å². The molecule has 0 aliphatic carbocycles. The molecule has 0 amide bonds. The Bertz CT molecular complexity index is 1110. The Labute approximate surface area is 165 Å². The van der Waals surface area contributed by atoms with Crippen LogP contribution in [0.3, 0.4) is 0 Å². The minimum Gasteiger partial charge on any atom is -0.457 e. The predicted molar refractivity (Wildman–Crippen MR) is 104 cm³/mol. The van der Waals surface area contributed by atoms with E-state index in [0.29, 0.717) is 22.8 Å². The highest BCUT2D eigenvalue weighted by molar-refractivity contribution is 5.92. The van der Waals surface area contributed by atoms with Gasteiger partial charge in [-0.05, 0) is 18.1 Å². The van der Waals surface area contributed by atoms with Crippen molar-refractivity contribution in [2.24, 2.45) is 0 Å². The summed E-state index contributed by atoms with van der Waals surface area (Å²) in [4.78, 5) is 27.9. The van der Waals surface area contributed by atoms with E-state index in [0.717, 1.165) is 5.56 Å². The van der Waals surface area contributed by atoms with Crippen LogP contribution in [0.2, 0.25) is 0 Å². The van der Waals surface area contributed by atoms with Crippen LogP contribution in [-0.2, 0) is 16.1 Å². The molecule has 2 heterocycles. The van der Waals surface area contributed by atoms with E-state index < -0.39 is 16.9 Å². The van der Waals surface area contributed by atoms with Gasteiger partial charge in [0.1, 0.15) is 19.0 Å². The third kappa shape index (κ3) is 3.57. The number of hydrogen-bond acceptors (Lipinski definition) is 7. The summed E-state index contributed by atoms with van der Waals surface area (Å²) in [5.74, 6) is -0.0878. The number of non-ortho nitro benzene ring substituents is 1. The number of anilines is 1. The molecule has 9 nitrogen and oxygen atoms in total. The van der Waals surface area contributed by atoms with Gasteiger partial charge in [0.2, 0.25) is 5.95 Å². The van der Waals surface area contributed by atoms with Crippen LogP contribution in [0.4, 0.5) is 11.6 Å². The summed E-state index contributed by atoms with van der Waals surface area (Å²) in [5, 5.41) is 18.5. The Morgan fingerprint density at radius 3 is 2.79 bits per heavy atom. The van der Waals surface area contributed by atoms with Crippen molar-refractivity contribution >= 4 is 17.6 Å². The van der Waals surface area contributed by atoms with Crippen LogP contribution in [0.5, 0.6) is 0 Å². The standard InChI is InChI=1S/C20H17N5O4/c1-13-17(19(26)29-11-14-6-3-2-4-7-14)18(24-20(23-13)21-12-22-24)15-8-5-9-16(10-15)25(27)28/h2-10,12,18H,11H2,1H3,(H,21,22,23). The lowest BCUT2D eigenvalue weighted by atomic mass is 9.95. The summed E-state index contributed by atoms with van der Waals surface area (Å²) in [6, 6.07) is 14.8. The first-order chi connectivity index (χ1) is 14.0. The molecular formula is C20H17N5O4. The first-order valence-electron chi connectivity index (χ1n) is 8.87. The second-order valence-electron chi connectivity index (χ2n) is 6.51. The molecule has 1 unspecified atom stereocenters. The van der Waals surface area contributed by atoms with E-state index in [9.17, 15) is 14.9 Å². The zero-order valence-corrected chi connectivity index (χ0v) is 15.5. The van der Waals surface area contributed by atoms with Crippen LogP contribution in [0.15, 0.2) is 72.2 Å². The van der Waals surface area contributed by atoms with E-state index in [2.05, 4.69) is 15.4 Å². The number of nitro groups is 1. The van der Waals surface area contributed by atoms with E-state index in [-0.39, 0.29) is 12.3 Å². The second-order valence-corrected chi connectivity index (χ2v) is 6.51. The Balaban J connectivity index is 1.71. The van der Waals surface area contributed by atoms with Gasteiger partial charge in [0.15, 0.2) is 0 Å². The van der Waals surface area contributed by atoms with Gasteiger partial charge in [0, 0.05) is 17.8 Å². The van der Waals surface area contributed by atoms with Gasteiger partial charge in [0.25, 0.3) is 5.69 Å². The lowest BCUT2D eigenvalue weighted by Crippen LogP contribution is -2.29. The summed E-state index contributed by atoms with van der Waals surface area (Å²) in [6.07, 6.45) is 1.36. The van der Waals surface area contributed by atoms with Crippen LogP contribution < -0.4 is 5.32 Å². The van der Waals surface area contributed by atoms with Crippen molar-refractivity contribution in [3.05, 3.63) is 93.4 Å². The van der Waals surface area contributed by atoms with Crippen molar-refractivity contribution in [2.75, 3.05) is 5.32 Å². The molecule has 2 aromatic carbocycles. The van der Waals surface area contributed by atoms with Crippen LogP contribution >= 0.6 is 0 Å². The molecule has 0 saturated carbocycles. The minimum atomic E-state index is -0.697. The fourth-order valence-electron chi connectivity index (χ4n) is 3.27. The summed E-state index contributed by atoms with van der Waals surface area (Å²) in [7, 11) is 0. The number of allylic oxidation sites excluding steroid dienone is 1. The van der Waals surface area contributed by atoms with E-state index in [1.54, 1.807) is 19.1 Å². The number of esters is 1. The minimum absolute atomic E-state index is 0.0719. The maximum atomic E-state index is 13.0. The summed E-state index contributed by atoms with van der Waals surface area (Å²) in [6.45, 7) is 1.85. The number of carbonyl (C=O) groups is 1. The molecule has 29 heavy (non-hydrogen) atoms. The third-order valence-electron chi connectivity index (χ3n) is 4.62. The molecule has 0 fully saturated rings. The van der Waals surface area contributed by atoms with Crippen LogP contribution in [-0.4, -0.2) is 25.7 Å². The number of carbonyl (C=O) groups excluding carboxylic acids is 1. The molecular weight excluding hydrogens is 374 g/mol. The van der Waals surface area contributed by atoms with Crippen LogP contribution in [0, 0.1) is 10.1 Å². The molecule has 9 heteroatoms. The zero-order chi connectivity index (χ0) is 20.4. The highest BCUT2D eigenvalue weighted by Gasteiger charge is 2.35. The van der Waals surface area contributed by atoms with Gasteiger partial charge in [-0.25, -0.2) is 9.48 Å². The topological polar surface area (TPSA) is 112 Å². The largest absolute Gasteiger partial charge is 0.457 e. The lowest BCUT2D eigenvalue weighted by molar-refractivity contribution is -0.384. The Morgan fingerprint density at radius 1 is 1.24 bits per heavy atom. The summed E-state index contributed by atoms with van der Waals surface area (Å²) >= 11 is 0. The molecule has 3 aromatic rings. The molecule has 146 valence electrons. The van der Waals surface area contributed by atoms with Crippen LogP contribution in [0.25, 0.3) is 0 Å². The molecule has 1 aromatic heterocycles. The van der Waals surface area contributed by atoms with E-state index in [1.807, 2.05) is 30.3 Å². The number of benzene rings is 2. The van der Waals surface area contributed by atoms with Gasteiger partial charge < -0.3 is 10.1 Å². The third-order valence-corrected chi connectivity index (χ3v) is 4.62. The molecule has 0 radical (unpaired) electrons. The number of nitrogens with one attached hydrogen (secondary N) is 1. The number of ether oxygens (including phenoxy) is 1. The Kier molecular flexibility index (Phi) is 4.78. The number of rotatable bonds is 5. The van der Waals surface area contributed by atoms with Crippen molar-refractivity contribution in [3.8, 4) is 0 Å². The average molecular weight is 391 g/mol. The molecule has 0 bridgehead atoms. The molecule has 1 aliphatic heterocycles. The second kappa shape index (κ2) is 7.55. The van der Waals surface area contributed by atoms with Crippen molar-refractivity contribution < 1.29 is 14.5 Å². The fourth-order valence-corrected chi connectivity index (χ4v) is 3.27. The Morgan fingerprint density at radius 2 is 2.03 bits per heavy atom. The highest BCUT2D eigenvalue weighted by Crippen LogP contribution is 2.36. The molecule has 0 saturated heterocycles.